The Bertz CT molecular complexity index is 676. The second-order valence-electron chi connectivity index (χ2n) is 7.88. The molecule has 0 spiro atoms. The van der Waals surface area contributed by atoms with E-state index in [1.54, 1.807) is 32.9 Å². The third kappa shape index (κ3) is 2.55. The van der Waals surface area contributed by atoms with Crippen molar-refractivity contribution in [2.75, 3.05) is 0 Å². The van der Waals surface area contributed by atoms with Crippen LogP contribution in [-0.2, 0) is 23.9 Å². The highest BCUT2D eigenvalue weighted by Gasteiger charge is 2.62. The summed E-state index contributed by atoms with van der Waals surface area (Å²) < 4.78 is 11.5. The van der Waals surface area contributed by atoms with Gasteiger partial charge in [0.05, 0.1) is 11.3 Å². The average molecular weight is 346 g/mol. The number of allylic oxidation sites excluding steroid dienone is 3. The molecule has 1 saturated carbocycles. The lowest BCUT2D eigenvalue weighted by molar-refractivity contribution is -0.163. The average Bonchev–Trinajstić information content (AvgIpc) is 2.99. The number of rotatable bonds is 2. The second-order valence-corrected chi connectivity index (χ2v) is 7.88. The Kier molecular flexibility index (Phi) is 4.38. The Morgan fingerprint density at radius 2 is 2.04 bits per heavy atom. The Morgan fingerprint density at radius 3 is 2.68 bits per heavy atom. The van der Waals surface area contributed by atoms with Gasteiger partial charge in [0, 0.05) is 11.5 Å². The molecule has 1 heterocycles. The summed E-state index contributed by atoms with van der Waals surface area (Å²) in [6, 6.07) is 0. The van der Waals surface area contributed by atoms with E-state index in [-0.39, 0.29) is 35.6 Å². The molecule has 5 heteroatoms. The van der Waals surface area contributed by atoms with E-state index < -0.39 is 23.4 Å². The van der Waals surface area contributed by atoms with Crippen molar-refractivity contribution < 1.29 is 23.9 Å². The van der Waals surface area contributed by atoms with Crippen LogP contribution in [0.15, 0.2) is 23.8 Å². The van der Waals surface area contributed by atoms with E-state index in [0.717, 1.165) is 0 Å². The number of esters is 2. The molecule has 25 heavy (non-hydrogen) atoms. The molecule has 2 unspecified atom stereocenters. The molecule has 0 radical (unpaired) electrons. The summed E-state index contributed by atoms with van der Waals surface area (Å²) in [5.74, 6) is -1.32. The molecule has 2 aliphatic carbocycles. The van der Waals surface area contributed by atoms with Gasteiger partial charge in [-0.3, -0.25) is 9.59 Å². The molecule has 2 fully saturated rings. The first-order chi connectivity index (χ1) is 11.7. The number of ether oxygens (including phenoxy) is 2. The highest BCUT2D eigenvalue weighted by molar-refractivity contribution is 5.99. The maximum Gasteiger partial charge on any atom is 0.333 e. The van der Waals surface area contributed by atoms with Crippen LogP contribution in [0.3, 0.4) is 0 Å². The van der Waals surface area contributed by atoms with E-state index in [4.69, 9.17) is 9.47 Å². The fraction of sp³-hybridized carbons (Fsp3) is 0.650. The molecule has 5 nitrogen and oxygen atoms in total. The number of hydrogen-bond acceptors (Lipinski definition) is 5. The third-order valence-corrected chi connectivity index (χ3v) is 6.47. The van der Waals surface area contributed by atoms with E-state index in [9.17, 15) is 14.4 Å². The fourth-order valence-electron chi connectivity index (χ4n) is 4.76. The van der Waals surface area contributed by atoms with Gasteiger partial charge in [-0.05, 0) is 45.1 Å². The van der Waals surface area contributed by atoms with Gasteiger partial charge in [0.25, 0.3) is 0 Å². The van der Waals surface area contributed by atoms with Crippen molar-refractivity contribution in [3.05, 3.63) is 23.8 Å². The maximum atomic E-state index is 12.8. The van der Waals surface area contributed by atoms with E-state index in [1.807, 2.05) is 13.0 Å². The predicted molar refractivity (Wildman–Crippen MR) is 91.4 cm³/mol. The van der Waals surface area contributed by atoms with Gasteiger partial charge in [0.15, 0.2) is 5.78 Å². The lowest BCUT2D eigenvalue weighted by Crippen LogP contribution is -2.50. The summed E-state index contributed by atoms with van der Waals surface area (Å²) in [7, 11) is 0. The van der Waals surface area contributed by atoms with Crippen molar-refractivity contribution in [2.45, 2.75) is 53.2 Å². The summed E-state index contributed by atoms with van der Waals surface area (Å²) in [5, 5.41) is 0. The first-order valence-electron chi connectivity index (χ1n) is 8.98. The van der Waals surface area contributed by atoms with Crippen molar-refractivity contribution in [2.24, 2.45) is 29.1 Å². The van der Waals surface area contributed by atoms with Crippen molar-refractivity contribution >= 4 is 17.7 Å². The summed E-state index contributed by atoms with van der Waals surface area (Å²) in [4.78, 5) is 37.5. The Hall–Kier alpha value is -1.91. The van der Waals surface area contributed by atoms with Crippen LogP contribution in [0.1, 0.15) is 41.0 Å². The molecule has 0 bridgehead atoms. The molecule has 3 aliphatic rings. The number of hydrogen-bond donors (Lipinski definition) is 0. The van der Waals surface area contributed by atoms with Gasteiger partial charge in [0.1, 0.15) is 12.2 Å². The molecule has 1 aliphatic heterocycles. The standard InChI is InChI=1S/C20H26O5/c1-6-10(2)18(22)25-17-16-12(4)19(23)24-14(16)9-11(3)13-7-8-15(21)20(13,17)5/h6-8,11-14,16-17H,9H2,1-5H3/b10-6-/t11?,12-,13-,14+,16+,17?,20-/m0/s1. The number of ketones is 1. The van der Waals surface area contributed by atoms with Crippen LogP contribution in [0, 0.1) is 29.1 Å². The number of fused-ring (bicyclic) bond motifs is 2. The van der Waals surface area contributed by atoms with E-state index in [2.05, 4.69) is 6.92 Å². The predicted octanol–water partition coefficient (Wildman–Crippen LogP) is 2.84. The minimum Gasteiger partial charge on any atom is -0.462 e. The van der Waals surface area contributed by atoms with Crippen molar-refractivity contribution in [3.8, 4) is 0 Å². The molecule has 0 amide bonds. The summed E-state index contributed by atoms with van der Waals surface area (Å²) >= 11 is 0. The molecule has 7 atom stereocenters. The van der Waals surface area contributed by atoms with Gasteiger partial charge < -0.3 is 9.47 Å². The monoisotopic (exact) mass is 346 g/mol. The zero-order chi connectivity index (χ0) is 18.5. The van der Waals surface area contributed by atoms with Gasteiger partial charge >= 0.3 is 11.9 Å². The Morgan fingerprint density at radius 1 is 1.36 bits per heavy atom. The zero-order valence-corrected chi connectivity index (χ0v) is 15.4. The summed E-state index contributed by atoms with van der Waals surface area (Å²) in [6.07, 6.45) is 4.91. The fourth-order valence-corrected chi connectivity index (χ4v) is 4.76. The zero-order valence-electron chi connectivity index (χ0n) is 15.4. The quantitative estimate of drug-likeness (QED) is 0.568. The highest BCUT2D eigenvalue weighted by atomic mass is 16.6. The molecule has 0 aromatic rings. The van der Waals surface area contributed by atoms with Crippen molar-refractivity contribution in [1.82, 2.24) is 0 Å². The van der Waals surface area contributed by atoms with Gasteiger partial charge in [0.2, 0.25) is 0 Å². The molecule has 1 saturated heterocycles. The van der Waals surface area contributed by atoms with Crippen molar-refractivity contribution in [1.29, 1.82) is 0 Å². The number of carbonyl (C=O) groups is 3. The maximum absolute atomic E-state index is 12.8. The topological polar surface area (TPSA) is 69.7 Å². The largest absolute Gasteiger partial charge is 0.462 e. The first kappa shape index (κ1) is 17.9. The van der Waals surface area contributed by atoms with Crippen LogP contribution in [0.2, 0.25) is 0 Å². The van der Waals surface area contributed by atoms with Crippen LogP contribution < -0.4 is 0 Å². The van der Waals surface area contributed by atoms with Crippen LogP contribution in [-0.4, -0.2) is 29.9 Å². The molecule has 0 aromatic heterocycles. The molecule has 3 rings (SSSR count). The molecule has 0 N–H and O–H groups in total. The van der Waals surface area contributed by atoms with Gasteiger partial charge in [-0.2, -0.15) is 0 Å². The van der Waals surface area contributed by atoms with Gasteiger partial charge in [-0.15, -0.1) is 0 Å². The third-order valence-electron chi connectivity index (χ3n) is 6.47. The Labute approximate surface area is 148 Å². The van der Waals surface area contributed by atoms with Crippen LogP contribution in [0.4, 0.5) is 0 Å². The molecular formula is C20H26O5. The van der Waals surface area contributed by atoms with Crippen LogP contribution in [0.25, 0.3) is 0 Å². The lowest BCUT2D eigenvalue weighted by atomic mass is 9.66. The second kappa shape index (κ2) is 6.11. The van der Waals surface area contributed by atoms with E-state index >= 15 is 0 Å². The van der Waals surface area contributed by atoms with E-state index in [0.29, 0.717) is 12.0 Å². The van der Waals surface area contributed by atoms with Gasteiger partial charge in [-0.1, -0.05) is 26.0 Å². The van der Waals surface area contributed by atoms with Gasteiger partial charge in [-0.25, -0.2) is 4.79 Å². The number of carbonyl (C=O) groups excluding carboxylic acids is 3. The highest BCUT2D eigenvalue weighted by Crippen LogP contribution is 2.54. The molecule has 0 aromatic carbocycles. The van der Waals surface area contributed by atoms with Crippen LogP contribution in [0.5, 0.6) is 0 Å². The Balaban J connectivity index is 2.07. The summed E-state index contributed by atoms with van der Waals surface area (Å²) in [5.41, 5.74) is -0.365. The molecular weight excluding hydrogens is 320 g/mol. The lowest BCUT2D eigenvalue weighted by Gasteiger charge is -2.40. The first-order valence-corrected chi connectivity index (χ1v) is 8.98. The minimum atomic E-state index is -0.856. The smallest absolute Gasteiger partial charge is 0.333 e. The van der Waals surface area contributed by atoms with E-state index in [1.165, 1.54) is 0 Å². The SMILES string of the molecule is C/C=C(/C)C(=O)OC1[C@@H]2[C@H](C)C(=O)O[C@@H]2CC(C)[C@@H]2C=CC(=O)[C@@]12C. The summed E-state index contributed by atoms with van der Waals surface area (Å²) in [6.45, 7) is 9.20. The normalized spacial score (nSPS) is 43.3. The molecule has 136 valence electrons. The van der Waals surface area contributed by atoms with Crippen LogP contribution >= 0.6 is 0 Å². The minimum absolute atomic E-state index is 0.0276. The van der Waals surface area contributed by atoms with Crippen molar-refractivity contribution in [3.63, 3.8) is 0 Å².